The van der Waals surface area contributed by atoms with Gasteiger partial charge in [-0.3, -0.25) is 4.79 Å². The number of fused-ring (bicyclic) bond motifs is 1. The van der Waals surface area contributed by atoms with E-state index in [-0.39, 0.29) is 30.7 Å². The van der Waals surface area contributed by atoms with E-state index in [0.717, 1.165) is 36.8 Å². The standard InChI is InChI=1S/C31H42N4O6S/c1-21-14-15-23(16-24(21)19-35-18-22(2)41-27-12-8-9-13-28(27)42(35,38)39)29(31(3,4)30(36)37)40-20-26(34-32)17-33-25-10-6-5-7-11-25/h8-9,12-17,22,25,29,32-33H,5-7,10-11,18-20H2,1-4H3,(H,36,37)/b26-17-,34-32?/t22-,29?/m1/s1. The molecular weight excluding hydrogens is 556 g/mol. The van der Waals surface area contributed by atoms with Crippen LogP contribution in [0.3, 0.4) is 0 Å². The molecule has 42 heavy (non-hydrogen) atoms. The van der Waals surface area contributed by atoms with Gasteiger partial charge in [0.25, 0.3) is 0 Å². The molecule has 4 rings (SSSR count). The topological polar surface area (TPSA) is 141 Å². The third-order valence-corrected chi connectivity index (χ3v) is 9.97. The number of para-hydroxylation sites is 1. The van der Waals surface area contributed by atoms with Crippen molar-refractivity contribution < 1.29 is 27.8 Å². The molecule has 1 aliphatic heterocycles. The maximum absolute atomic E-state index is 13.6. The van der Waals surface area contributed by atoms with E-state index in [2.05, 4.69) is 10.4 Å². The number of hydrogen-bond donors (Lipinski definition) is 3. The first kappa shape index (κ1) is 31.7. The normalized spacial score (nSPS) is 20.6. The molecule has 0 saturated heterocycles. The van der Waals surface area contributed by atoms with Gasteiger partial charge in [0.2, 0.25) is 10.0 Å². The number of carbonyl (C=O) groups is 1. The number of rotatable bonds is 11. The van der Waals surface area contributed by atoms with Gasteiger partial charge in [0, 0.05) is 18.8 Å². The third kappa shape index (κ3) is 7.19. The summed E-state index contributed by atoms with van der Waals surface area (Å²) in [6.07, 6.45) is 6.12. The Morgan fingerprint density at radius 2 is 1.95 bits per heavy atom. The molecule has 1 unspecified atom stereocenters. The van der Waals surface area contributed by atoms with E-state index in [9.17, 15) is 18.3 Å². The lowest BCUT2D eigenvalue weighted by Crippen LogP contribution is -2.36. The number of sulfonamides is 1. The number of carboxylic acid groups (broad SMARTS) is 1. The minimum absolute atomic E-state index is 0.0556. The van der Waals surface area contributed by atoms with Crippen molar-refractivity contribution in [3.05, 3.63) is 71.1 Å². The molecule has 0 amide bonds. The summed E-state index contributed by atoms with van der Waals surface area (Å²) in [4.78, 5) is 12.5. The van der Waals surface area contributed by atoms with Gasteiger partial charge in [-0.15, -0.1) is 0 Å². The van der Waals surface area contributed by atoms with Crippen LogP contribution >= 0.6 is 0 Å². The van der Waals surface area contributed by atoms with Crippen LogP contribution in [-0.4, -0.2) is 49.1 Å². The molecule has 2 aromatic rings. The number of aryl methyl sites for hydroxylation is 1. The molecule has 2 atom stereocenters. The summed E-state index contributed by atoms with van der Waals surface area (Å²) in [6, 6.07) is 12.4. The maximum Gasteiger partial charge on any atom is 0.312 e. The summed E-state index contributed by atoms with van der Waals surface area (Å²) >= 11 is 0. The minimum atomic E-state index is -3.85. The highest BCUT2D eigenvalue weighted by molar-refractivity contribution is 7.89. The van der Waals surface area contributed by atoms with Crippen molar-refractivity contribution in [3.63, 3.8) is 0 Å². The van der Waals surface area contributed by atoms with Crippen molar-refractivity contribution in [2.75, 3.05) is 13.2 Å². The molecule has 0 bridgehead atoms. The lowest BCUT2D eigenvalue weighted by molar-refractivity contribution is -0.156. The molecule has 0 radical (unpaired) electrons. The number of nitrogens with one attached hydrogen (secondary N) is 2. The van der Waals surface area contributed by atoms with E-state index in [4.69, 9.17) is 15.0 Å². The molecule has 11 heteroatoms. The van der Waals surface area contributed by atoms with Crippen LogP contribution in [0.25, 0.3) is 0 Å². The molecule has 2 aliphatic rings. The molecule has 2 aromatic carbocycles. The van der Waals surface area contributed by atoms with Crippen LogP contribution in [0.5, 0.6) is 5.75 Å². The number of hydrogen-bond acceptors (Lipinski definition) is 8. The second kappa shape index (κ2) is 13.4. The van der Waals surface area contributed by atoms with Crippen molar-refractivity contribution in [2.24, 2.45) is 10.5 Å². The second-order valence-electron chi connectivity index (χ2n) is 11.8. The summed E-state index contributed by atoms with van der Waals surface area (Å²) < 4.78 is 40.8. The zero-order valence-corrected chi connectivity index (χ0v) is 25.6. The van der Waals surface area contributed by atoms with Gasteiger partial charge < -0.3 is 19.9 Å². The average molecular weight is 599 g/mol. The van der Waals surface area contributed by atoms with Crippen molar-refractivity contribution >= 4 is 16.0 Å². The van der Waals surface area contributed by atoms with Crippen molar-refractivity contribution in [1.29, 1.82) is 5.53 Å². The Morgan fingerprint density at radius 3 is 2.64 bits per heavy atom. The lowest BCUT2D eigenvalue weighted by Gasteiger charge is -2.32. The average Bonchev–Trinajstić information content (AvgIpc) is 3.05. The SMILES string of the molecule is Cc1ccc(C(OC/C(=C/NC2CCCCC2)N=N)C(C)(C)C(=O)O)cc1CN1C[C@@H](C)Oc2ccccc2S1(=O)=O. The molecule has 1 saturated carbocycles. The zero-order chi connectivity index (χ0) is 30.5. The lowest BCUT2D eigenvalue weighted by atomic mass is 9.81. The van der Waals surface area contributed by atoms with Gasteiger partial charge in [-0.2, -0.15) is 9.42 Å². The van der Waals surface area contributed by atoms with Gasteiger partial charge in [-0.05, 0) is 69.4 Å². The number of benzene rings is 2. The van der Waals surface area contributed by atoms with E-state index in [1.165, 1.54) is 10.7 Å². The fourth-order valence-corrected chi connectivity index (χ4v) is 7.11. The minimum Gasteiger partial charge on any atom is -0.488 e. The summed E-state index contributed by atoms with van der Waals surface area (Å²) in [5.41, 5.74) is 8.88. The van der Waals surface area contributed by atoms with Crippen LogP contribution in [0.4, 0.5) is 0 Å². The summed E-state index contributed by atoms with van der Waals surface area (Å²) in [7, 11) is -3.85. The Bertz CT molecular complexity index is 1420. The molecule has 3 N–H and O–H groups in total. The Labute approximate surface area is 248 Å². The molecular formula is C31H42N4O6S. The highest BCUT2D eigenvalue weighted by Gasteiger charge is 2.40. The van der Waals surface area contributed by atoms with Crippen LogP contribution in [0.2, 0.25) is 0 Å². The first-order chi connectivity index (χ1) is 19.9. The van der Waals surface area contributed by atoms with Gasteiger partial charge in [0.1, 0.15) is 22.4 Å². The van der Waals surface area contributed by atoms with E-state index in [1.807, 2.05) is 32.0 Å². The Hall–Kier alpha value is -3.28. The molecule has 0 aromatic heterocycles. The number of nitrogens with zero attached hydrogens (tertiary/aromatic N) is 2. The summed E-state index contributed by atoms with van der Waals surface area (Å²) in [6.45, 7) is 7.11. The number of ether oxygens (including phenoxy) is 2. The highest BCUT2D eigenvalue weighted by atomic mass is 32.2. The van der Waals surface area contributed by atoms with Crippen LogP contribution in [0.1, 0.15) is 75.7 Å². The molecule has 0 spiro atoms. The van der Waals surface area contributed by atoms with Crippen LogP contribution in [0.15, 0.2) is 64.4 Å². The third-order valence-electron chi connectivity index (χ3n) is 8.12. The summed E-state index contributed by atoms with van der Waals surface area (Å²) in [5, 5.41) is 17.1. The van der Waals surface area contributed by atoms with Gasteiger partial charge >= 0.3 is 5.97 Å². The van der Waals surface area contributed by atoms with Crippen LogP contribution in [0, 0.1) is 17.9 Å². The highest BCUT2D eigenvalue weighted by Crippen LogP contribution is 2.39. The Kier molecular flexibility index (Phi) is 10.1. The van der Waals surface area contributed by atoms with Gasteiger partial charge in [-0.1, -0.05) is 49.6 Å². The van der Waals surface area contributed by atoms with Crippen molar-refractivity contribution in [3.8, 4) is 5.75 Å². The molecule has 1 heterocycles. The van der Waals surface area contributed by atoms with Gasteiger partial charge in [0.05, 0.1) is 24.7 Å². The zero-order valence-electron chi connectivity index (χ0n) is 24.8. The molecule has 1 fully saturated rings. The largest absolute Gasteiger partial charge is 0.488 e. The van der Waals surface area contributed by atoms with Crippen molar-refractivity contribution in [1.82, 2.24) is 9.62 Å². The van der Waals surface area contributed by atoms with Gasteiger partial charge in [-0.25, -0.2) is 13.9 Å². The van der Waals surface area contributed by atoms with E-state index in [1.54, 1.807) is 44.3 Å². The van der Waals surface area contributed by atoms with Crippen molar-refractivity contribution in [2.45, 2.75) is 89.5 Å². The number of carboxylic acids is 1. The first-order valence-electron chi connectivity index (χ1n) is 14.5. The van der Waals surface area contributed by atoms with E-state index in [0.29, 0.717) is 23.1 Å². The second-order valence-corrected chi connectivity index (χ2v) is 13.7. The quantitative estimate of drug-likeness (QED) is 0.272. The predicted molar refractivity (Wildman–Crippen MR) is 159 cm³/mol. The summed E-state index contributed by atoms with van der Waals surface area (Å²) in [5.74, 6) is -0.711. The Balaban J connectivity index is 1.61. The van der Waals surface area contributed by atoms with E-state index < -0.39 is 27.5 Å². The predicted octanol–water partition coefficient (Wildman–Crippen LogP) is 5.93. The number of aliphatic carboxylic acids is 1. The van der Waals surface area contributed by atoms with Gasteiger partial charge in [0.15, 0.2) is 0 Å². The van der Waals surface area contributed by atoms with Crippen LogP contribution < -0.4 is 10.1 Å². The first-order valence-corrected chi connectivity index (χ1v) is 15.9. The monoisotopic (exact) mass is 598 g/mol. The molecule has 228 valence electrons. The fraction of sp³-hybridized carbons (Fsp3) is 0.516. The Morgan fingerprint density at radius 1 is 1.24 bits per heavy atom. The molecule has 1 aliphatic carbocycles. The maximum atomic E-state index is 13.6. The fourth-order valence-electron chi connectivity index (χ4n) is 5.49. The smallest absolute Gasteiger partial charge is 0.312 e. The molecule has 10 nitrogen and oxygen atoms in total. The van der Waals surface area contributed by atoms with E-state index >= 15 is 0 Å². The van der Waals surface area contributed by atoms with Crippen LogP contribution in [-0.2, 0) is 26.1 Å².